The first-order chi connectivity index (χ1) is 9.70. The van der Waals surface area contributed by atoms with Gasteiger partial charge in [0.05, 0.1) is 6.20 Å². The van der Waals surface area contributed by atoms with Crippen molar-refractivity contribution in [1.29, 1.82) is 0 Å². The average molecular weight is 272 g/mol. The van der Waals surface area contributed by atoms with Crippen molar-refractivity contribution in [1.82, 2.24) is 10.3 Å². The summed E-state index contributed by atoms with van der Waals surface area (Å²) >= 11 is 0. The third kappa shape index (κ3) is 3.55. The van der Waals surface area contributed by atoms with Gasteiger partial charge in [0.1, 0.15) is 23.8 Å². The van der Waals surface area contributed by atoms with Gasteiger partial charge >= 0.3 is 0 Å². The van der Waals surface area contributed by atoms with Gasteiger partial charge in [-0.2, -0.15) is 0 Å². The molecule has 0 aliphatic rings. The van der Waals surface area contributed by atoms with Crippen LogP contribution in [0.15, 0.2) is 42.6 Å². The SMILES string of the molecule is CNCCOc1ccc(C(=O)c2ccc(O)cn2)cc1. The minimum Gasteiger partial charge on any atom is -0.506 e. The zero-order valence-corrected chi connectivity index (χ0v) is 11.2. The Morgan fingerprint density at radius 3 is 2.60 bits per heavy atom. The summed E-state index contributed by atoms with van der Waals surface area (Å²) in [6.07, 6.45) is 1.25. The number of hydrogen-bond acceptors (Lipinski definition) is 5. The molecule has 0 fully saturated rings. The van der Waals surface area contributed by atoms with Gasteiger partial charge in [-0.25, -0.2) is 4.98 Å². The fourth-order valence-electron chi connectivity index (χ4n) is 1.64. The molecule has 0 saturated heterocycles. The van der Waals surface area contributed by atoms with Crippen LogP contribution in [-0.2, 0) is 0 Å². The molecular formula is C15H16N2O3. The lowest BCUT2D eigenvalue weighted by molar-refractivity contribution is 0.103. The summed E-state index contributed by atoms with van der Waals surface area (Å²) in [4.78, 5) is 16.0. The third-order valence-electron chi connectivity index (χ3n) is 2.72. The van der Waals surface area contributed by atoms with E-state index < -0.39 is 0 Å². The number of rotatable bonds is 6. The maximum atomic E-state index is 12.1. The minimum atomic E-state index is -0.188. The second-order valence-corrected chi connectivity index (χ2v) is 4.21. The molecule has 0 saturated carbocycles. The van der Waals surface area contributed by atoms with Crippen LogP contribution in [0, 0.1) is 0 Å². The van der Waals surface area contributed by atoms with E-state index in [0.29, 0.717) is 17.9 Å². The second kappa shape index (κ2) is 6.68. The molecular weight excluding hydrogens is 256 g/mol. The van der Waals surface area contributed by atoms with Gasteiger partial charge in [-0.05, 0) is 43.4 Å². The van der Waals surface area contributed by atoms with Gasteiger partial charge in [-0.1, -0.05) is 0 Å². The van der Waals surface area contributed by atoms with Crippen LogP contribution in [0.5, 0.6) is 11.5 Å². The predicted molar refractivity (Wildman–Crippen MR) is 75.2 cm³/mol. The van der Waals surface area contributed by atoms with Crippen LogP contribution in [0.25, 0.3) is 0 Å². The standard InChI is InChI=1S/C15H16N2O3/c1-16-8-9-20-13-5-2-11(3-6-13)15(19)14-7-4-12(18)10-17-14/h2-7,10,16,18H,8-9H2,1H3. The molecule has 0 spiro atoms. The van der Waals surface area contributed by atoms with Crippen LogP contribution in [0.3, 0.4) is 0 Å². The van der Waals surface area contributed by atoms with E-state index in [0.717, 1.165) is 12.3 Å². The van der Waals surface area contributed by atoms with Crippen molar-refractivity contribution >= 4 is 5.78 Å². The minimum absolute atomic E-state index is 0.0369. The Labute approximate surface area is 117 Å². The molecule has 20 heavy (non-hydrogen) atoms. The molecule has 2 rings (SSSR count). The van der Waals surface area contributed by atoms with Crippen molar-refractivity contribution < 1.29 is 14.6 Å². The number of aromatic hydroxyl groups is 1. The van der Waals surface area contributed by atoms with Crippen LogP contribution in [0.2, 0.25) is 0 Å². The van der Waals surface area contributed by atoms with Crippen molar-refractivity contribution in [3.63, 3.8) is 0 Å². The number of aromatic nitrogens is 1. The fraction of sp³-hybridized carbons (Fsp3) is 0.200. The third-order valence-corrected chi connectivity index (χ3v) is 2.72. The molecule has 2 N–H and O–H groups in total. The van der Waals surface area contributed by atoms with E-state index in [2.05, 4.69) is 10.3 Å². The van der Waals surface area contributed by atoms with E-state index in [1.807, 2.05) is 7.05 Å². The summed E-state index contributed by atoms with van der Waals surface area (Å²) < 4.78 is 5.48. The molecule has 0 unspecified atom stereocenters. The van der Waals surface area contributed by atoms with Gasteiger partial charge in [0.2, 0.25) is 5.78 Å². The van der Waals surface area contributed by atoms with Crippen molar-refractivity contribution in [3.05, 3.63) is 53.9 Å². The molecule has 1 aromatic heterocycles. The number of ether oxygens (including phenoxy) is 1. The quantitative estimate of drug-likeness (QED) is 0.617. The Balaban J connectivity index is 2.05. The highest BCUT2D eigenvalue weighted by molar-refractivity contribution is 6.07. The number of carbonyl (C=O) groups excluding carboxylic acids is 1. The number of likely N-dealkylation sites (N-methyl/N-ethyl adjacent to an activating group) is 1. The molecule has 1 aromatic carbocycles. The van der Waals surface area contributed by atoms with E-state index in [-0.39, 0.29) is 11.5 Å². The molecule has 0 amide bonds. The lowest BCUT2D eigenvalue weighted by atomic mass is 10.1. The summed E-state index contributed by atoms with van der Waals surface area (Å²) in [5.74, 6) is 0.567. The molecule has 0 aliphatic heterocycles. The van der Waals surface area contributed by atoms with E-state index in [9.17, 15) is 4.79 Å². The molecule has 2 aromatic rings. The van der Waals surface area contributed by atoms with Crippen LogP contribution < -0.4 is 10.1 Å². The largest absolute Gasteiger partial charge is 0.506 e. The molecule has 0 bridgehead atoms. The molecule has 5 heteroatoms. The van der Waals surface area contributed by atoms with Crippen LogP contribution in [0.4, 0.5) is 0 Å². The van der Waals surface area contributed by atoms with Crippen molar-refractivity contribution in [2.45, 2.75) is 0 Å². The Morgan fingerprint density at radius 1 is 1.25 bits per heavy atom. The van der Waals surface area contributed by atoms with E-state index >= 15 is 0 Å². The van der Waals surface area contributed by atoms with Gasteiger partial charge in [0.15, 0.2) is 0 Å². The topological polar surface area (TPSA) is 71.5 Å². The Bertz CT molecular complexity index is 565. The van der Waals surface area contributed by atoms with Gasteiger partial charge < -0.3 is 15.2 Å². The first kappa shape index (κ1) is 14.0. The second-order valence-electron chi connectivity index (χ2n) is 4.21. The number of hydrogen-bond donors (Lipinski definition) is 2. The van der Waals surface area contributed by atoms with Crippen molar-refractivity contribution in [2.24, 2.45) is 0 Å². The number of nitrogens with zero attached hydrogens (tertiary/aromatic N) is 1. The Hall–Kier alpha value is -2.40. The van der Waals surface area contributed by atoms with E-state index in [4.69, 9.17) is 9.84 Å². The van der Waals surface area contributed by atoms with Gasteiger partial charge in [-0.15, -0.1) is 0 Å². The van der Waals surface area contributed by atoms with Gasteiger partial charge in [0.25, 0.3) is 0 Å². The monoisotopic (exact) mass is 272 g/mol. The Morgan fingerprint density at radius 2 is 2.00 bits per heavy atom. The maximum absolute atomic E-state index is 12.1. The maximum Gasteiger partial charge on any atom is 0.211 e. The highest BCUT2D eigenvalue weighted by Crippen LogP contribution is 2.15. The number of ketones is 1. The van der Waals surface area contributed by atoms with E-state index in [1.54, 1.807) is 24.3 Å². The number of pyridine rings is 1. The highest BCUT2D eigenvalue weighted by atomic mass is 16.5. The first-order valence-corrected chi connectivity index (χ1v) is 6.28. The summed E-state index contributed by atoms with van der Waals surface area (Å²) in [6.45, 7) is 1.33. The fourth-order valence-corrected chi connectivity index (χ4v) is 1.64. The van der Waals surface area contributed by atoms with Gasteiger partial charge in [0, 0.05) is 12.1 Å². The Kier molecular flexibility index (Phi) is 4.68. The molecule has 0 radical (unpaired) electrons. The van der Waals surface area contributed by atoms with Crippen molar-refractivity contribution in [3.8, 4) is 11.5 Å². The zero-order chi connectivity index (χ0) is 14.4. The average Bonchev–Trinajstić information content (AvgIpc) is 2.48. The summed E-state index contributed by atoms with van der Waals surface area (Å²) in [7, 11) is 1.86. The lowest BCUT2D eigenvalue weighted by Crippen LogP contribution is -2.15. The summed E-state index contributed by atoms with van der Waals surface area (Å²) in [5, 5.41) is 12.1. The first-order valence-electron chi connectivity index (χ1n) is 6.28. The van der Waals surface area contributed by atoms with Crippen molar-refractivity contribution in [2.75, 3.05) is 20.2 Å². The van der Waals surface area contributed by atoms with Crippen LogP contribution in [-0.4, -0.2) is 36.1 Å². The zero-order valence-electron chi connectivity index (χ0n) is 11.2. The number of nitrogens with one attached hydrogen (secondary N) is 1. The smallest absolute Gasteiger partial charge is 0.211 e. The molecule has 0 aliphatic carbocycles. The summed E-state index contributed by atoms with van der Waals surface area (Å²) in [6, 6.07) is 9.84. The molecule has 104 valence electrons. The number of carbonyl (C=O) groups is 1. The highest BCUT2D eigenvalue weighted by Gasteiger charge is 2.10. The van der Waals surface area contributed by atoms with Gasteiger partial charge in [-0.3, -0.25) is 4.79 Å². The van der Waals surface area contributed by atoms with Crippen LogP contribution in [0.1, 0.15) is 16.1 Å². The lowest BCUT2D eigenvalue weighted by Gasteiger charge is -2.06. The molecule has 0 atom stereocenters. The predicted octanol–water partition coefficient (Wildman–Crippen LogP) is 1.62. The molecule has 5 nitrogen and oxygen atoms in total. The summed E-state index contributed by atoms with van der Waals surface area (Å²) in [5.41, 5.74) is 0.829. The van der Waals surface area contributed by atoms with Crippen LogP contribution >= 0.6 is 0 Å². The van der Waals surface area contributed by atoms with E-state index in [1.165, 1.54) is 18.3 Å². The molecule has 1 heterocycles. The number of benzene rings is 1. The normalized spacial score (nSPS) is 10.2.